The molecule has 9 N–H and O–H groups in total. The van der Waals surface area contributed by atoms with Crippen LogP contribution in [-0.2, 0) is 43.9 Å². The molecule has 0 aliphatic carbocycles. The summed E-state index contributed by atoms with van der Waals surface area (Å²) in [6, 6.07) is 14.1. The lowest BCUT2D eigenvalue weighted by Crippen LogP contribution is -2.38. The predicted molar refractivity (Wildman–Crippen MR) is 210 cm³/mol. The van der Waals surface area contributed by atoms with Crippen molar-refractivity contribution < 1.29 is 66.8 Å². The Morgan fingerprint density at radius 1 is 0.705 bits per heavy atom. The summed E-state index contributed by atoms with van der Waals surface area (Å²) in [5, 5.41) is 32.9. The highest BCUT2D eigenvalue weighted by Crippen LogP contribution is 2.61. The van der Waals surface area contributed by atoms with Gasteiger partial charge in [0.2, 0.25) is 0 Å². The normalized spacial score (nSPS) is 26.0. The number of fused-ring (bicyclic) bond motifs is 2. The van der Waals surface area contributed by atoms with Gasteiger partial charge >= 0.3 is 20.5 Å². The first-order chi connectivity index (χ1) is 29.1. The van der Waals surface area contributed by atoms with Crippen LogP contribution in [0.1, 0.15) is 38.7 Å². The standard InChI is InChI=1S/C34H34N10O14P2S/c35-28-21-30(39-12-37-28)43(14-41-21)32-25(47)24(46)19(55-32)10-53-59(50,51)58-60(52,61)54-11-20-27(26(48)33(56-20)44-15-42-22-29(36)38-13-40-31(22)44)57-34(49)18-8-6-17(7-9-18)23(45)16-4-2-1-3-5-16/h1-9,12-15,19-20,24-27,32-33,46-48H,10-11H2,(H,50,51)(H,52,61)(H2,35,37,39)(H2,36,38,40)/t19-,20-,24-,25-,26-,27-,32-,33-,60?/m1/s1. The molecule has 0 amide bonds. The third-order valence-electron chi connectivity index (χ3n) is 9.64. The van der Waals surface area contributed by atoms with Gasteiger partial charge in [-0.15, -0.1) is 0 Å². The highest BCUT2D eigenvalue weighted by atomic mass is 32.5. The van der Waals surface area contributed by atoms with E-state index in [4.69, 9.17) is 50.8 Å². The van der Waals surface area contributed by atoms with Crippen LogP contribution in [0, 0.1) is 0 Å². The molecule has 320 valence electrons. The molecule has 0 saturated carbocycles. The number of hydrogen-bond acceptors (Lipinski definition) is 21. The van der Waals surface area contributed by atoms with E-state index in [2.05, 4.69) is 29.9 Å². The quantitative estimate of drug-likeness (QED) is 0.0445. The van der Waals surface area contributed by atoms with Gasteiger partial charge in [0.05, 0.1) is 31.4 Å². The number of aliphatic hydroxyl groups excluding tert-OH is 3. The molecular weight excluding hydrogens is 866 g/mol. The van der Waals surface area contributed by atoms with Crippen LogP contribution >= 0.6 is 14.5 Å². The van der Waals surface area contributed by atoms with Crippen molar-refractivity contribution in [3.05, 3.63) is 96.6 Å². The smallest absolute Gasteiger partial charge is 0.453 e. The summed E-state index contributed by atoms with van der Waals surface area (Å²) in [5.74, 6) is -1.15. The summed E-state index contributed by atoms with van der Waals surface area (Å²) in [6.07, 6.45) is -7.13. The summed E-state index contributed by atoms with van der Waals surface area (Å²) in [7, 11) is -5.30. The number of nitrogens with zero attached hydrogens (tertiary/aromatic N) is 8. The van der Waals surface area contributed by atoms with Crippen LogP contribution in [0.3, 0.4) is 0 Å². The number of nitrogens with two attached hydrogens (primary N) is 2. The first kappa shape index (κ1) is 42.5. The molecule has 27 heteroatoms. The minimum absolute atomic E-state index is 0.00487. The zero-order chi connectivity index (χ0) is 43.2. The fraction of sp³-hybridized carbons (Fsp3) is 0.294. The maximum atomic E-state index is 13.5. The van der Waals surface area contributed by atoms with Crippen LogP contribution in [0.5, 0.6) is 0 Å². The van der Waals surface area contributed by atoms with Crippen molar-refractivity contribution in [3.63, 3.8) is 0 Å². The van der Waals surface area contributed by atoms with Crippen LogP contribution in [0.25, 0.3) is 22.3 Å². The van der Waals surface area contributed by atoms with Crippen molar-refractivity contribution >= 4 is 72.1 Å². The van der Waals surface area contributed by atoms with Crippen LogP contribution in [0.15, 0.2) is 79.9 Å². The number of anilines is 2. The second-order valence-electron chi connectivity index (χ2n) is 13.5. The van der Waals surface area contributed by atoms with Gasteiger partial charge in [0.25, 0.3) is 0 Å². The summed E-state index contributed by atoms with van der Waals surface area (Å²) >= 11 is 4.99. The number of carbonyl (C=O) groups is 2. The number of hydrogen-bond donors (Lipinski definition) is 7. The van der Waals surface area contributed by atoms with E-state index in [1.807, 2.05) is 0 Å². The average molecular weight is 901 g/mol. The summed E-state index contributed by atoms with van der Waals surface area (Å²) in [6.45, 7) is -6.38. The van der Waals surface area contributed by atoms with Crippen molar-refractivity contribution in [3.8, 4) is 0 Å². The highest BCUT2D eigenvalue weighted by Gasteiger charge is 2.50. The number of imidazole rings is 2. The van der Waals surface area contributed by atoms with Crippen LogP contribution < -0.4 is 11.5 Å². The number of rotatable bonds is 14. The van der Waals surface area contributed by atoms with Gasteiger partial charge < -0.3 is 55.3 Å². The maximum Gasteiger partial charge on any atom is 0.479 e. The number of aromatic nitrogens is 8. The first-order valence-electron chi connectivity index (χ1n) is 17.9. The second-order valence-corrected chi connectivity index (χ2v) is 17.9. The molecule has 2 aliphatic heterocycles. The van der Waals surface area contributed by atoms with Crippen LogP contribution in [-0.4, -0.2) is 126 Å². The van der Waals surface area contributed by atoms with Gasteiger partial charge in [0.1, 0.15) is 54.2 Å². The zero-order valence-electron chi connectivity index (χ0n) is 31.0. The molecule has 4 aromatic heterocycles. The number of phosphoric acid groups is 1. The van der Waals surface area contributed by atoms with Gasteiger partial charge in [0.15, 0.2) is 47.3 Å². The van der Waals surface area contributed by atoms with E-state index in [1.54, 1.807) is 30.3 Å². The second kappa shape index (κ2) is 16.9. The molecule has 2 aliphatic rings. The molecule has 2 fully saturated rings. The number of esters is 1. The van der Waals surface area contributed by atoms with Gasteiger partial charge in [-0.25, -0.2) is 43.6 Å². The van der Waals surface area contributed by atoms with Crippen molar-refractivity contribution in [1.29, 1.82) is 0 Å². The fourth-order valence-corrected chi connectivity index (χ4v) is 9.69. The number of benzene rings is 2. The molecule has 6 aromatic rings. The number of carbonyl (C=O) groups excluding carboxylic acids is 2. The Morgan fingerprint density at radius 3 is 1.84 bits per heavy atom. The van der Waals surface area contributed by atoms with Gasteiger partial charge in [-0.1, -0.05) is 42.5 Å². The van der Waals surface area contributed by atoms with E-state index in [0.29, 0.717) is 11.1 Å². The monoisotopic (exact) mass is 900 g/mol. The van der Waals surface area contributed by atoms with Crippen molar-refractivity contribution in [2.45, 2.75) is 49.1 Å². The molecule has 0 bridgehead atoms. The minimum atomic E-state index is -5.30. The van der Waals surface area contributed by atoms with E-state index in [0.717, 1.165) is 12.7 Å². The van der Waals surface area contributed by atoms with Crippen LogP contribution in [0.2, 0.25) is 0 Å². The first-order valence-corrected chi connectivity index (χ1v) is 22.0. The van der Waals surface area contributed by atoms with E-state index in [9.17, 15) is 39.3 Å². The Bertz CT molecular complexity index is 2700. The van der Waals surface area contributed by atoms with Crippen molar-refractivity contribution in [2.24, 2.45) is 0 Å². The molecule has 2 aromatic carbocycles. The number of nitrogen functional groups attached to an aromatic ring is 2. The highest BCUT2D eigenvalue weighted by molar-refractivity contribution is 8.08. The summed E-state index contributed by atoms with van der Waals surface area (Å²) in [4.78, 5) is 72.0. The average Bonchev–Trinajstić information content (AvgIpc) is 4.01. The molecule has 2 saturated heterocycles. The molecule has 10 atom stereocenters. The van der Waals surface area contributed by atoms with E-state index >= 15 is 0 Å². The van der Waals surface area contributed by atoms with Crippen molar-refractivity contribution in [1.82, 2.24) is 39.0 Å². The molecular formula is C34H34N10O14P2S. The maximum absolute atomic E-state index is 13.5. The molecule has 8 rings (SSSR count). The van der Waals surface area contributed by atoms with E-state index < -0.39 is 82.8 Å². The van der Waals surface area contributed by atoms with Crippen molar-refractivity contribution in [2.75, 3.05) is 24.7 Å². The topological polar surface area (TPSA) is 347 Å². The SMILES string of the molecule is Nc1ncnc2c1ncn2[C@@H]1O[C@H](COP(=O)(O)OP(O)(=S)OC[C@H]2O[C@@H](n3cnc4c(N)ncnc43)[C@H](O)[C@@H]2OC(=O)c2ccc(C(=O)c3ccccc3)cc2)[C@@H](O)[C@H]1O. The van der Waals surface area contributed by atoms with Gasteiger partial charge in [-0.3, -0.25) is 18.5 Å². The lowest BCUT2D eigenvalue weighted by molar-refractivity contribution is -0.0525. The largest absolute Gasteiger partial charge is 0.479 e. The number of ketones is 1. The molecule has 0 radical (unpaired) electrons. The Morgan fingerprint density at radius 2 is 1.23 bits per heavy atom. The predicted octanol–water partition coefficient (Wildman–Crippen LogP) is 0.532. The zero-order valence-corrected chi connectivity index (χ0v) is 33.6. The van der Waals surface area contributed by atoms with E-state index in [1.165, 1.54) is 46.1 Å². The molecule has 6 heterocycles. The number of phosphoric ester groups is 1. The number of ether oxygens (including phenoxy) is 3. The Kier molecular flexibility index (Phi) is 11.8. The lowest BCUT2D eigenvalue weighted by Gasteiger charge is -2.24. The lowest BCUT2D eigenvalue weighted by atomic mass is 10.0. The molecule has 24 nitrogen and oxygen atoms in total. The molecule has 0 spiro atoms. The third-order valence-corrected chi connectivity index (χ3v) is 13.2. The summed E-state index contributed by atoms with van der Waals surface area (Å²) < 4.78 is 48.1. The van der Waals surface area contributed by atoms with Crippen LogP contribution in [0.4, 0.5) is 11.6 Å². The Hall–Kier alpha value is -5.24. The number of aliphatic hydroxyl groups is 3. The Balaban J connectivity index is 0.941. The van der Waals surface area contributed by atoms with E-state index in [-0.39, 0.29) is 45.3 Å². The summed E-state index contributed by atoms with van der Waals surface area (Å²) in [5.41, 5.74) is 13.2. The minimum Gasteiger partial charge on any atom is -0.453 e. The van der Waals surface area contributed by atoms with Gasteiger partial charge in [-0.2, -0.15) is 0 Å². The Labute approximate surface area is 347 Å². The molecule has 61 heavy (non-hydrogen) atoms. The third kappa shape index (κ3) is 8.65. The van der Waals surface area contributed by atoms with Gasteiger partial charge in [0, 0.05) is 11.1 Å². The molecule has 2 unspecified atom stereocenters. The fourth-order valence-electron chi connectivity index (χ4n) is 6.66. The van der Waals surface area contributed by atoms with Gasteiger partial charge in [-0.05, 0) is 23.9 Å².